The number of Topliss-reactive ketones (excluding diaryl/α,β-unsaturated/α-hetero) is 1. The molecule has 0 fully saturated rings. The zero-order valence-electron chi connectivity index (χ0n) is 14.5. The Morgan fingerprint density at radius 3 is 2.50 bits per heavy atom. The molecule has 1 unspecified atom stereocenters. The smallest absolute Gasteiger partial charge is 0.168 e. The van der Waals surface area contributed by atoms with E-state index in [1.807, 2.05) is 0 Å². The van der Waals surface area contributed by atoms with Crippen LogP contribution in [0.4, 0.5) is 0 Å². The van der Waals surface area contributed by atoms with Crippen molar-refractivity contribution in [3.8, 4) is 0 Å². The molecule has 118 valence electrons. The summed E-state index contributed by atoms with van der Waals surface area (Å²) in [6.07, 6.45) is 10.4. The molecule has 0 aromatic carbocycles. The number of rotatable bonds is 1. The molecular formula is C19H26NOP. The highest BCUT2D eigenvalue weighted by Crippen LogP contribution is 2.71. The highest BCUT2D eigenvalue weighted by atomic mass is 31.1. The molecule has 0 saturated carbocycles. The molecule has 0 aromatic heterocycles. The molecular weight excluding hydrogens is 289 g/mol. The normalized spacial score (nSPS) is 30.8. The number of hydrogen-bond acceptors (Lipinski definition) is 2. The van der Waals surface area contributed by atoms with Crippen molar-refractivity contribution in [1.29, 1.82) is 0 Å². The third-order valence-corrected chi connectivity index (χ3v) is 8.46. The van der Waals surface area contributed by atoms with Gasteiger partial charge >= 0.3 is 0 Å². The highest BCUT2D eigenvalue weighted by Gasteiger charge is 2.59. The summed E-state index contributed by atoms with van der Waals surface area (Å²) in [5.41, 5.74) is 3.81. The standard InChI is InChI=1S/C19H26NOP/c1-13-11-19(17(21)18(4,5)6)20-10-8-7-9-16(20)15(3)22(19)12-14(13)2/h7-10H,11-12H2,1-6H3/t19-,22?/m1/s1. The maximum Gasteiger partial charge on any atom is 0.168 e. The van der Waals surface area contributed by atoms with Gasteiger partial charge in [0.1, 0.15) is 5.28 Å². The third-order valence-electron chi connectivity index (χ3n) is 5.16. The summed E-state index contributed by atoms with van der Waals surface area (Å²) >= 11 is 0. The van der Waals surface area contributed by atoms with E-state index in [-0.39, 0.29) is 10.7 Å². The Morgan fingerprint density at radius 1 is 1.18 bits per heavy atom. The Labute approximate surface area is 135 Å². The number of carbonyl (C=O) groups excluding carboxylic acids is 1. The molecule has 0 bridgehead atoms. The van der Waals surface area contributed by atoms with Crippen LogP contribution >= 0.6 is 7.92 Å². The van der Waals surface area contributed by atoms with Crippen molar-refractivity contribution in [3.63, 3.8) is 0 Å². The second-order valence-corrected chi connectivity index (χ2v) is 10.3. The summed E-state index contributed by atoms with van der Waals surface area (Å²) in [5.74, 6) is 0.396. The van der Waals surface area contributed by atoms with Gasteiger partial charge < -0.3 is 4.90 Å². The van der Waals surface area contributed by atoms with Gasteiger partial charge in [-0.25, -0.2) is 0 Å². The average Bonchev–Trinajstić information content (AvgIpc) is 2.69. The minimum absolute atomic E-state index is 0.323. The first-order chi connectivity index (χ1) is 10.2. The maximum absolute atomic E-state index is 13.5. The van der Waals surface area contributed by atoms with Crippen molar-refractivity contribution in [2.45, 2.75) is 53.2 Å². The quantitative estimate of drug-likeness (QED) is 0.492. The topological polar surface area (TPSA) is 20.3 Å². The fourth-order valence-corrected chi connectivity index (χ4v) is 7.54. The van der Waals surface area contributed by atoms with Crippen LogP contribution in [0.15, 0.2) is 46.6 Å². The highest BCUT2D eigenvalue weighted by molar-refractivity contribution is 7.65. The van der Waals surface area contributed by atoms with E-state index in [1.54, 1.807) is 0 Å². The molecule has 0 radical (unpaired) electrons. The van der Waals surface area contributed by atoms with Gasteiger partial charge in [0.2, 0.25) is 0 Å². The maximum atomic E-state index is 13.5. The molecule has 3 heteroatoms. The summed E-state index contributed by atoms with van der Waals surface area (Å²) < 4.78 is 0. The van der Waals surface area contributed by atoms with E-state index < -0.39 is 7.92 Å². The Bertz CT molecular complexity index is 659. The summed E-state index contributed by atoms with van der Waals surface area (Å²) in [4.78, 5) is 15.8. The van der Waals surface area contributed by atoms with Gasteiger partial charge in [-0.15, -0.1) is 0 Å². The van der Waals surface area contributed by atoms with E-state index in [0.29, 0.717) is 5.78 Å². The summed E-state index contributed by atoms with van der Waals surface area (Å²) in [7, 11) is -0.489. The lowest BCUT2D eigenvalue weighted by molar-refractivity contribution is -0.132. The van der Waals surface area contributed by atoms with E-state index in [0.717, 1.165) is 12.6 Å². The van der Waals surface area contributed by atoms with Gasteiger partial charge in [-0.2, -0.15) is 0 Å². The van der Waals surface area contributed by atoms with Gasteiger partial charge in [-0.05, 0) is 52.3 Å². The van der Waals surface area contributed by atoms with Crippen LogP contribution in [0.2, 0.25) is 0 Å². The molecule has 3 aliphatic rings. The largest absolute Gasteiger partial charge is 0.330 e. The van der Waals surface area contributed by atoms with Crippen LogP contribution in [-0.4, -0.2) is 22.1 Å². The van der Waals surface area contributed by atoms with Gasteiger partial charge in [0.25, 0.3) is 0 Å². The van der Waals surface area contributed by atoms with E-state index in [9.17, 15) is 4.79 Å². The summed E-state index contributed by atoms with van der Waals surface area (Å²) in [5, 5.41) is 1.07. The van der Waals surface area contributed by atoms with Crippen LogP contribution in [0.25, 0.3) is 0 Å². The van der Waals surface area contributed by atoms with Crippen LogP contribution < -0.4 is 0 Å². The summed E-state index contributed by atoms with van der Waals surface area (Å²) in [6.45, 7) is 12.9. The van der Waals surface area contributed by atoms with E-state index >= 15 is 0 Å². The second kappa shape index (κ2) is 4.93. The first-order valence-corrected chi connectivity index (χ1v) is 9.55. The molecule has 3 aliphatic heterocycles. The first-order valence-electron chi connectivity index (χ1n) is 8.02. The molecule has 0 amide bonds. The lowest BCUT2D eigenvalue weighted by Crippen LogP contribution is -2.53. The van der Waals surface area contributed by atoms with E-state index in [1.165, 1.54) is 22.2 Å². The Balaban J connectivity index is 2.21. The molecule has 0 spiro atoms. The van der Waals surface area contributed by atoms with Crippen LogP contribution in [-0.2, 0) is 4.79 Å². The van der Waals surface area contributed by atoms with E-state index in [2.05, 4.69) is 70.9 Å². The molecule has 3 heterocycles. The number of ketones is 1. The van der Waals surface area contributed by atoms with Gasteiger partial charge in [0, 0.05) is 23.7 Å². The van der Waals surface area contributed by atoms with Crippen molar-refractivity contribution >= 4 is 13.7 Å². The minimum Gasteiger partial charge on any atom is -0.330 e. The zero-order chi connectivity index (χ0) is 16.3. The number of allylic oxidation sites excluding steroid dienone is 5. The number of fused-ring (bicyclic) bond motifs is 3. The Hall–Kier alpha value is -1.14. The molecule has 0 saturated heterocycles. The van der Waals surface area contributed by atoms with Crippen LogP contribution in [0, 0.1) is 5.41 Å². The van der Waals surface area contributed by atoms with Gasteiger partial charge in [0.15, 0.2) is 5.78 Å². The summed E-state index contributed by atoms with van der Waals surface area (Å²) in [6, 6.07) is 0. The predicted octanol–water partition coefficient (Wildman–Crippen LogP) is 5.15. The molecule has 2 nitrogen and oxygen atoms in total. The Morgan fingerprint density at radius 2 is 1.86 bits per heavy atom. The van der Waals surface area contributed by atoms with Gasteiger partial charge in [-0.1, -0.05) is 38.0 Å². The molecule has 22 heavy (non-hydrogen) atoms. The lowest BCUT2D eigenvalue weighted by Gasteiger charge is -2.48. The van der Waals surface area contributed by atoms with Crippen molar-refractivity contribution in [1.82, 2.24) is 4.90 Å². The number of hydrogen-bond donors (Lipinski definition) is 0. The minimum atomic E-state index is -0.489. The molecule has 2 atom stereocenters. The average molecular weight is 315 g/mol. The fourth-order valence-electron chi connectivity index (χ4n) is 3.84. The zero-order valence-corrected chi connectivity index (χ0v) is 15.4. The van der Waals surface area contributed by atoms with Crippen LogP contribution in [0.1, 0.15) is 48.0 Å². The van der Waals surface area contributed by atoms with Crippen molar-refractivity contribution in [2.24, 2.45) is 5.41 Å². The Kier molecular flexibility index (Phi) is 3.53. The van der Waals surface area contributed by atoms with Gasteiger partial charge in [-0.3, -0.25) is 4.79 Å². The van der Waals surface area contributed by atoms with Gasteiger partial charge in [0.05, 0.1) is 0 Å². The van der Waals surface area contributed by atoms with Crippen molar-refractivity contribution < 1.29 is 4.79 Å². The number of nitrogens with zero attached hydrogens (tertiary/aromatic N) is 1. The second-order valence-electron chi connectivity index (χ2n) is 7.76. The third kappa shape index (κ3) is 2.00. The fraction of sp³-hybridized carbons (Fsp3) is 0.526. The van der Waals surface area contributed by atoms with Crippen molar-refractivity contribution in [3.05, 3.63) is 46.6 Å². The predicted molar refractivity (Wildman–Crippen MR) is 94.8 cm³/mol. The van der Waals surface area contributed by atoms with E-state index in [4.69, 9.17) is 0 Å². The number of carbonyl (C=O) groups is 1. The van der Waals surface area contributed by atoms with Crippen LogP contribution in [0.5, 0.6) is 0 Å². The monoisotopic (exact) mass is 315 g/mol. The molecule has 0 aliphatic carbocycles. The van der Waals surface area contributed by atoms with Crippen molar-refractivity contribution in [2.75, 3.05) is 6.16 Å². The SMILES string of the molecule is CC1=C(C)C[C@@]2(C(=O)C(C)(C)C)N3C=CC=CC3=C(C)P2C1. The first kappa shape index (κ1) is 15.7. The molecule has 3 rings (SSSR count). The lowest BCUT2D eigenvalue weighted by atomic mass is 9.82. The molecule has 0 aromatic rings. The molecule has 0 N–H and O–H groups in total. The van der Waals surface area contributed by atoms with Crippen LogP contribution in [0.3, 0.4) is 0 Å².